The third-order valence-electron chi connectivity index (χ3n) is 3.19. The van der Waals surface area contributed by atoms with Crippen LogP contribution in [0.1, 0.15) is 13.3 Å². The summed E-state index contributed by atoms with van der Waals surface area (Å²) in [6, 6.07) is 5.85. The number of hydrogen-bond acceptors (Lipinski definition) is 4. The van der Waals surface area contributed by atoms with Crippen LogP contribution in [0.25, 0.3) is 0 Å². The lowest BCUT2D eigenvalue weighted by Crippen LogP contribution is -2.34. The van der Waals surface area contributed by atoms with Crippen molar-refractivity contribution in [2.24, 2.45) is 4.99 Å². The van der Waals surface area contributed by atoms with Gasteiger partial charge in [-0.3, -0.25) is 4.99 Å². The van der Waals surface area contributed by atoms with Gasteiger partial charge >= 0.3 is 0 Å². The highest BCUT2D eigenvalue weighted by Crippen LogP contribution is 2.32. The summed E-state index contributed by atoms with van der Waals surface area (Å²) in [4.78, 5) is 4.23. The van der Waals surface area contributed by atoms with Crippen molar-refractivity contribution < 1.29 is 9.47 Å². The Balaban J connectivity index is 0.00000242. The van der Waals surface area contributed by atoms with Crippen LogP contribution in [0.4, 0.5) is 5.69 Å². The molecule has 2 rings (SSSR count). The normalized spacial score (nSPS) is 15.3. The Morgan fingerprint density at radius 1 is 1.32 bits per heavy atom. The molecule has 0 saturated heterocycles. The number of nitrogens with one attached hydrogen (secondary N) is 2. The first kappa shape index (κ1) is 19.2. The minimum absolute atomic E-state index is 0. The van der Waals surface area contributed by atoms with Crippen molar-refractivity contribution in [3.05, 3.63) is 18.2 Å². The molecule has 0 fully saturated rings. The van der Waals surface area contributed by atoms with E-state index in [1.807, 2.05) is 30.0 Å². The molecule has 1 aromatic carbocycles. The highest BCUT2D eigenvalue weighted by Gasteiger charge is 2.11. The standard InChI is InChI=1S/C15H23N3O2S.HI/c1-11(21-3)10-17-15(16-2)18-12-5-6-13-14(9-12)20-8-4-7-19-13;/h5-6,9,11H,4,7-8,10H2,1-3H3,(H2,16,17,18);1H. The van der Waals surface area contributed by atoms with E-state index in [4.69, 9.17) is 9.47 Å². The highest BCUT2D eigenvalue weighted by atomic mass is 127. The van der Waals surface area contributed by atoms with Crippen molar-refractivity contribution in [3.8, 4) is 11.5 Å². The predicted molar refractivity (Wildman–Crippen MR) is 105 cm³/mol. The van der Waals surface area contributed by atoms with Crippen LogP contribution in [0.15, 0.2) is 23.2 Å². The summed E-state index contributed by atoms with van der Waals surface area (Å²) in [5, 5.41) is 7.11. The van der Waals surface area contributed by atoms with Crippen LogP contribution in [0.2, 0.25) is 0 Å². The lowest BCUT2D eigenvalue weighted by Gasteiger charge is -2.15. The minimum atomic E-state index is 0. The number of fused-ring (bicyclic) bond motifs is 1. The van der Waals surface area contributed by atoms with Gasteiger partial charge in [-0.15, -0.1) is 24.0 Å². The fourth-order valence-electron chi connectivity index (χ4n) is 1.88. The molecule has 1 atom stereocenters. The van der Waals surface area contributed by atoms with Crippen LogP contribution in [0.5, 0.6) is 11.5 Å². The molecule has 0 aliphatic carbocycles. The first-order valence-electron chi connectivity index (χ1n) is 7.13. The number of hydrogen-bond donors (Lipinski definition) is 2. The van der Waals surface area contributed by atoms with E-state index in [0.29, 0.717) is 18.5 Å². The predicted octanol–water partition coefficient (Wildman–Crippen LogP) is 3.20. The Kier molecular flexibility index (Phi) is 8.77. The van der Waals surface area contributed by atoms with Crippen LogP contribution in [-0.4, -0.2) is 44.3 Å². The SMILES string of the molecule is CN=C(NCC(C)SC)Nc1ccc2c(c1)OCCCO2.I. The third-order valence-corrected chi connectivity index (χ3v) is 4.16. The lowest BCUT2D eigenvalue weighted by atomic mass is 10.3. The molecule has 1 unspecified atom stereocenters. The van der Waals surface area contributed by atoms with Gasteiger partial charge in [0, 0.05) is 37.0 Å². The van der Waals surface area contributed by atoms with Crippen molar-refractivity contribution in [2.45, 2.75) is 18.6 Å². The maximum absolute atomic E-state index is 5.69. The second-order valence-corrected chi connectivity index (χ2v) is 6.11. The number of thioether (sulfide) groups is 1. The van der Waals surface area contributed by atoms with E-state index in [1.165, 1.54) is 0 Å². The van der Waals surface area contributed by atoms with Crippen LogP contribution in [0, 0.1) is 0 Å². The quantitative estimate of drug-likeness (QED) is 0.431. The fraction of sp³-hybridized carbons (Fsp3) is 0.533. The number of aliphatic imine (C=N–C) groups is 1. The van der Waals surface area contributed by atoms with Crippen molar-refractivity contribution in [1.29, 1.82) is 0 Å². The second kappa shape index (κ2) is 10.0. The number of rotatable bonds is 4. The van der Waals surface area contributed by atoms with E-state index in [0.717, 1.165) is 36.1 Å². The van der Waals surface area contributed by atoms with Gasteiger partial charge in [-0.25, -0.2) is 0 Å². The van der Waals surface area contributed by atoms with Gasteiger partial charge in [0.1, 0.15) is 0 Å². The van der Waals surface area contributed by atoms with E-state index >= 15 is 0 Å². The molecule has 7 heteroatoms. The number of benzene rings is 1. The summed E-state index contributed by atoms with van der Waals surface area (Å²) in [5.41, 5.74) is 0.934. The maximum Gasteiger partial charge on any atom is 0.195 e. The molecule has 0 aromatic heterocycles. The van der Waals surface area contributed by atoms with Gasteiger partial charge in [-0.1, -0.05) is 6.92 Å². The van der Waals surface area contributed by atoms with Crippen LogP contribution >= 0.6 is 35.7 Å². The first-order chi connectivity index (χ1) is 10.2. The summed E-state index contributed by atoms with van der Waals surface area (Å²) >= 11 is 1.82. The fourth-order valence-corrected chi connectivity index (χ4v) is 2.13. The molecule has 0 amide bonds. The zero-order valence-electron chi connectivity index (χ0n) is 13.2. The molecule has 124 valence electrons. The summed E-state index contributed by atoms with van der Waals surface area (Å²) in [7, 11) is 1.77. The number of guanidine groups is 1. The first-order valence-corrected chi connectivity index (χ1v) is 8.42. The number of halogens is 1. The average molecular weight is 437 g/mol. The van der Waals surface area contributed by atoms with Gasteiger partial charge in [-0.05, 0) is 18.4 Å². The summed E-state index contributed by atoms with van der Waals surface area (Å²) in [6.07, 6.45) is 3.01. The van der Waals surface area contributed by atoms with Crippen LogP contribution < -0.4 is 20.1 Å². The summed E-state index contributed by atoms with van der Waals surface area (Å²) in [6.45, 7) is 4.44. The maximum atomic E-state index is 5.69. The van der Waals surface area contributed by atoms with E-state index < -0.39 is 0 Å². The smallest absolute Gasteiger partial charge is 0.195 e. The Morgan fingerprint density at radius 3 is 2.73 bits per heavy atom. The van der Waals surface area contributed by atoms with Crippen molar-refractivity contribution in [3.63, 3.8) is 0 Å². The Labute approximate surface area is 153 Å². The monoisotopic (exact) mass is 437 g/mol. The number of ether oxygens (including phenoxy) is 2. The summed E-state index contributed by atoms with van der Waals surface area (Å²) < 4.78 is 11.3. The Hall–Kier alpha value is -0.830. The zero-order chi connectivity index (χ0) is 15.1. The van der Waals surface area contributed by atoms with Gasteiger partial charge in [0.15, 0.2) is 17.5 Å². The number of anilines is 1. The zero-order valence-corrected chi connectivity index (χ0v) is 16.4. The molecule has 0 spiro atoms. The van der Waals surface area contributed by atoms with Crippen molar-refractivity contribution in [2.75, 3.05) is 38.4 Å². The molecular weight excluding hydrogens is 413 g/mol. The van der Waals surface area contributed by atoms with Gasteiger partial charge in [0.05, 0.1) is 13.2 Å². The van der Waals surface area contributed by atoms with E-state index in [9.17, 15) is 0 Å². The molecular formula is C15H24IN3O2S. The Bertz CT molecular complexity index is 500. The summed E-state index contributed by atoms with van der Waals surface area (Å²) in [5.74, 6) is 2.34. The molecule has 1 aliphatic rings. The van der Waals surface area contributed by atoms with Crippen LogP contribution in [0.3, 0.4) is 0 Å². The van der Waals surface area contributed by atoms with E-state index in [-0.39, 0.29) is 24.0 Å². The highest BCUT2D eigenvalue weighted by molar-refractivity contribution is 14.0. The molecule has 0 bridgehead atoms. The largest absolute Gasteiger partial charge is 0.490 e. The van der Waals surface area contributed by atoms with E-state index in [2.05, 4.69) is 28.8 Å². The topological polar surface area (TPSA) is 54.9 Å². The van der Waals surface area contributed by atoms with Gasteiger partial charge in [-0.2, -0.15) is 11.8 Å². The molecule has 0 saturated carbocycles. The Morgan fingerprint density at radius 2 is 2.05 bits per heavy atom. The van der Waals surface area contributed by atoms with Gasteiger partial charge < -0.3 is 20.1 Å². The molecule has 2 N–H and O–H groups in total. The van der Waals surface area contributed by atoms with Crippen molar-refractivity contribution >= 4 is 47.4 Å². The van der Waals surface area contributed by atoms with E-state index in [1.54, 1.807) is 7.05 Å². The van der Waals surface area contributed by atoms with Crippen LogP contribution in [-0.2, 0) is 0 Å². The minimum Gasteiger partial charge on any atom is -0.490 e. The average Bonchev–Trinajstić information content (AvgIpc) is 2.75. The molecule has 1 aliphatic heterocycles. The molecule has 1 aromatic rings. The third kappa shape index (κ3) is 5.75. The molecule has 5 nitrogen and oxygen atoms in total. The number of nitrogens with zero attached hydrogens (tertiary/aromatic N) is 1. The lowest BCUT2D eigenvalue weighted by molar-refractivity contribution is 0.297. The molecule has 1 heterocycles. The second-order valence-electron chi connectivity index (χ2n) is 4.84. The van der Waals surface area contributed by atoms with Gasteiger partial charge in [0.2, 0.25) is 0 Å². The van der Waals surface area contributed by atoms with Gasteiger partial charge in [0.25, 0.3) is 0 Å². The molecule has 22 heavy (non-hydrogen) atoms. The molecule has 0 radical (unpaired) electrons. The van der Waals surface area contributed by atoms with Crippen molar-refractivity contribution in [1.82, 2.24) is 5.32 Å².